The second-order valence-electron chi connectivity index (χ2n) is 7.81. The van der Waals surface area contributed by atoms with Crippen molar-refractivity contribution in [2.75, 3.05) is 20.1 Å². The van der Waals surface area contributed by atoms with Crippen LogP contribution >= 0.6 is 0 Å². The first-order valence-electron chi connectivity index (χ1n) is 9.65. The molecule has 2 aliphatic rings. The second-order valence-corrected chi connectivity index (χ2v) is 9.75. The first kappa shape index (κ1) is 19.4. The van der Waals surface area contributed by atoms with Gasteiger partial charge in [0.05, 0.1) is 4.90 Å². The Morgan fingerprint density at radius 1 is 1.04 bits per heavy atom. The molecule has 0 spiro atoms. The van der Waals surface area contributed by atoms with Gasteiger partial charge in [-0.3, -0.25) is 4.79 Å². The van der Waals surface area contributed by atoms with E-state index >= 15 is 0 Å². The molecule has 5 nitrogen and oxygen atoms in total. The Labute approximate surface area is 157 Å². The van der Waals surface area contributed by atoms with E-state index in [4.69, 9.17) is 0 Å². The van der Waals surface area contributed by atoms with Crippen molar-refractivity contribution in [3.05, 3.63) is 29.3 Å². The van der Waals surface area contributed by atoms with Crippen LogP contribution in [0.5, 0.6) is 0 Å². The van der Waals surface area contributed by atoms with Crippen LogP contribution in [0.4, 0.5) is 0 Å². The fourth-order valence-electron chi connectivity index (χ4n) is 4.13. The zero-order chi connectivity index (χ0) is 18.9. The maximum absolute atomic E-state index is 12.9. The molecule has 0 unspecified atom stereocenters. The maximum atomic E-state index is 12.9. The third-order valence-electron chi connectivity index (χ3n) is 6.14. The molecule has 1 aromatic carbocycles. The zero-order valence-electron chi connectivity index (χ0n) is 16.1. The minimum atomic E-state index is -3.48. The number of hydrogen-bond donors (Lipinski definition) is 0. The molecule has 1 aliphatic heterocycles. The number of benzene rings is 1. The van der Waals surface area contributed by atoms with Crippen molar-refractivity contribution in [1.82, 2.24) is 9.21 Å². The maximum Gasteiger partial charge on any atom is 0.243 e. The Morgan fingerprint density at radius 3 is 2.23 bits per heavy atom. The van der Waals surface area contributed by atoms with Gasteiger partial charge in [0.1, 0.15) is 0 Å². The summed E-state index contributed by atoms with van der Waals surface area (Å²) < 4.78 is 27.3. The molecule has 144 valence electrons. The quantitative estimate of drug-likeness (QED) is 0.809. The molecule has 0 aromatic heterocycles. The summed E-state index contributed by atoms with van der Waals surface area (Å²) in [5, 5.41) is 0. The van der Waals surface area contributed by atoms with Crippen LogP contribution in [0.25, 0.3) is 0 Å². The van der Waals surface area contributed by atoms with Gasteiger partial charge in [-0.15, -0.1) is 0 Å². The molecule has 0 atom stereocenters. The smallest absolute Gasteiger partial charge is 0.243 e. The molecule has 2 fully saturated rings. The molecular formula is C20H30N2O3S. The van der Waals surface area contributed by atoms with Gasteiger partial charge in [-0.05, 0) is 62.8 Å². The second kappa shape index (κ2) is 7.69. The standard InChI is InChI=1S/C20H30N2O3S/c1-15-8-9-19(14-16(15)2)26(24,25)22-12-10-17(11-13-22)20(23)21(3)18-6-4-5-7-18/h8-9,14,17-18H,4-7,10-13H2,1-3H3. The van der Waals surface area contributed by atoms with E-state index in [0.717, 1.165) is 24.0 Å². The summed E-state index contributed by atoms with van der Waals surface area (Å²) in [5.41, 5.74) is 2.07. The number of sulfonamides is 1. The van der Waals surface area contributed by atoms with Gasteiger partial charge in [0.15, 0.2) is 0 Å². The monoisotopic (exact) mass is 378 g/mol. The van der Waals surface area contributed by atoms with Crippen LogP contribution in [0.2, 0.25) is 0 Å². The molecule has 1 saturated heterocycles. The van der Waals surface area contributed by atoms with E-state index < -0.39 is 10.0 Å². The molecule has 0 radical (unpaired) electrons. The van der Waals surface area contributed by atoms with Crippen molar-refractivity contribution < 1.29 is 13.2 Å². The van der Waals surface area contributed by atoms with Gasteiger partial charge < -0.3 is 4.90 Å². The topological polar surface area (TPSA) is 57.7 Å². The van der Waals surface area contributed by atoms with E-state index in [0.29, 0.717) is 36.9 Å². The van der Waals surface area contributed by atoms with Gasteiger partial charge in [-0.25, -0.2) is 8.42 Å². The number of rotatable bonds is 4. The van der Waals surface area contributed by atoms with E-state index in [1.54, 1.807) is 12.1 Å². The number of aryl methyl sites for hydroxylation is 2. The van der Waals surface area contributed by atoms with Crippen molar-refractivity contribution in [3.8, 4) is 0 Å². The summed E-state index contributed by atoms with van der Waals surface area (Å²) in [7, 11) is -1.56. The van der Waals surface area contributed by atoms with Gasteiger partial charge in [0.25, 0.3) is 0 Å². The van der Waals surface area contributed by atoms with Crippen LogP contribution in [0.3, 0.4) is 0 Å². The van der Waals surface area contributed by atoms with Crippen LogP contribution in [-0.4, -0.2) is 49.7 Å². The van der Waals surface area contributed by atoms with Crippen molar-refractivity contribution in [2.24, 2.45) is 5.92 Å². The zero-order valence-corrected chi connectivity index (χ0v) is 16.9. The number of piperidine rings is 1. The van der Waals surface area contributed by atoms with Gasteiger partial charge in [0, 0.05) is 32.1 Å². The van der Waals surface area contributed by atoms with E-state index in [1.165, 1.54) is 17.1 Å². The van der Waals surface area contributed by atoms with Gasteiger partial charge in [-0.1, -0.05) is 18.9 Å². The SMILES string of the molecule is Cc1ccc(S(=O)(=O)N2CCC(C(=O)N(C)C3CCCC3)CC2)cc1C. The molecule has 1 aromatic rings. The Bertz CT molecular complexity index is 761. The Hall–Kier alpha value is -1.40. The normalized spacial score (nSPS) is 20.4. The molecule has 6 heteroatoms. The summed E-state index contributed by atoms with van der Waals surface area (Å²) in [6, 6.07) is 5.66. The Balaban J connectivity index is 1.63. The van der Waals surface area contributed by atoms with E-state index in [9.17, 15) is 13.2 Å². The minimum Gasteiger partial charge on any atom is -0.343 e. The molecule has 1 saturated carbocycles. The van der Waals surface area contributed by atoms with Crippen LogP contribution in [-0.2, 0) is 14.8 Å². The van der Waals surface area contributed by atoms with E-state index in [-0.39, 0.29) is 11.8 Å². The molecule has 26 heavy (non-hydrogen) atoms. The number of carbonyl (C=O) groups excluding carboxylic acids is 1. The summed E-state index contributed by atoms with van der Waals surface area (Å²) in [4.78, 5) is 15.0. The van der Waals surface area contributed by atoms with Crippen LogP contribution in [0.15, 0.2) is 23.1 Å². The Morgan fingerprint density at radius 2 is 1.65 bits per heavy atom. The highest BCUT2D eigenvalue weighted by Gasteiger charge is 2.35. The number of nitrogens with zero attached hydrogens (tertiary/aromatic N) is 2. The number of hydrogen-bond acceptors (Lipinski definition) is 3. The van der Waals surface area contributed by atoms with Gasteiger partial charge in [-0.2, -0.15) is 4.31 Å². The first-order valence-corrected chi connectivity index (χ1v) is 11.1. The highest BCUT2D eigenvalue weighted by Crippen LogP contribution is 2.28. The fourth-order valence-corrected chi connectivity index (χ4v) is 5.68. The minimum absolute atomic E-state index is 0.0493. The molecule has 1 aliphatic carbocycles. The predicted octanol–water partition coefficient (Wildman–Crippen LogP) is 3.11. The van der Waals surface area contributed by atoms with Crippen molar-refractivity contribution in [1.29, 1.82) is 0 Å². The van der Waals surface area contributed by atoms with Crippen molar-refractivity contribution in [2.45, 2.75) is 63.3 Å². The lowest BCUT2D eigenvalue weighted by Gasteiger charge is -2.34. The third-order valence-corrected chi connectivity index (χ3v) is 8.03. The number of amides is 1. The van der Waals surface area contributed by atoms with E-state index in [2.05, 4.69) is 0 Å². The Kier molecular flexibility index (Phi) is 5.72. The summed E-state index contributed by atoms with van der Waals surface area (Å²) in [6.45, 7) is 4.75. The van der Waals surface area contributed by atoms with Crippen molar-refractivity contribution >= 4 is 15.9 Å². The number of carbonyl (C=O) groups is 1. The average molecular weight is 379 g/mol. The lowest BCUT2D eigenvalue weighted by atomic mass is 9.96. The lowest BCUT2D eigenvalue weighted by Crippen LogP contribution is -2.45. The highest BCUT2D eigenvalue weighted by molar-refractivity contribution is 7.89. The summed E-state index contributed by atoms with van der Waals surface area (Å²) in [5.74, 6) is 0.145. The molecule has 0 N–H and O–H groups in total. The highest BCUT2D eigenvalue weighted by atomic mass is 32.2. The van der Waals surface area contributed by atoms with Crippen LogP contribution < -0.4 is 0 Å². The van der Waals surface area contributed by atoms with E-state index in [1.807, 2.05) is 31.9 Å². The fraction of sp³-hybridized carbons (Fsp3) is 0.650. The molecular weight excluding hydrogens is 348 g/mol. The molecule has 1 amide bonds. The van der Waals surface area contributed by atoms with Crippen LogP contribution in [0, 0.1) is 19.8 Å². The molecule has 1 heterocycles. The van der Waals surface area contributed by atoms with Crippen molar-refractivity contribution in [3.63, 3.8) is 0 Å². The summed E-state index contributed by atoms with van der Waals surface area (Å²) in [6.07, 6.45) is 5.83. The lowest BCUT2D eigenvalue weighted by molar-refractivity contribution is -0.137. The van der Waals surface area contributed by atoms with Gasteiger partial charge >= 0.3 is 0 Å². The van der Waals surface area contributed by atoms with Crippen LogP contribution in [0.1, 0.15) is 49.7 Å². The van der Waals surface area contributed by atoms with Gasteiger partial charge in [0.2, 0.25) is 15.9 Å². The average Bonchev–Trinajstić information content (AvgIpc) is 3.17. The summed E-state index contributed by atoms with van der Waals surface area (Å²) >= 11 is 0. The largest absolute Gasteiger partial charge is 0.343 e. The predicted molar refractivity (Wildman–Crippen MR) is 102 cm³/mol. The third kappa shape index (κ3) is 3.81. The molecule has 3 rings (SSSR count). The first-order chi connectivity index (χ1) is 12.3. The molecule has 0 bridgehead atoms.